The Labute approximate surface area is 95.0 Å². The van der Waals surface area contributed by atoms with Crippen LogP contribution in [0.1, 0.15) is 26.3 Å². The normalized spacial score (nSPS) is 12.2. The van der Waals surface area contributed by atoms with Crippen LogP contribution in [-0.2, 0) is 0 Å². The van der Waals surface area contributed by atoms with Gasteiger partial charge in [0.25, 0.3) is 0 Å². The molecule has 0 aliphatic carbocycles. The van der Waals surface area contributed by atoms with Gasteiger partial charge in [0.2, 0.25) is 0 Å². The molecule has 3 nitrogen and oxygen atoms in total. The van der Waals surface area contributed by atoms with Crippen molar-refractivity contribution in [3.63, 3.8) is 0 Å². The van der Waals surface area contributed by atoms with Crippen LogP contribution in [-0.4, -0.2) is 11.6 Å². The SMILES string of the molecule is CC.CC(=N)c1cc2c(cc1N)NCS2. The van der Waals surface area contributed by atoms with Gasteiger partial charge in [0.15, 0.2) is 0 Å². The van der Waals surface area contributed by atoms with Gasteiger partial charge < -0.3 is 16.5 Å². The molecule has 0 saturated heterocycles. The van der Waals surface area contributed by atoms with E-state index in [1.807, 2.05) is 26.0 Å². The lowest BCUT2D eigenvalue weighted by molar-refractivity contribution is 1.39. The number of anilines is 2. The molecule has 1 heterocycles. The van der Waals surface area contributed by atoms with Crippen molar-refractivity contribution < 1.29 is 0 Å². The summed E-state index contributed by atoms with van der Waals surface area (Å²) < 4.78 is 0. The molecule has 0 saturated carbocycles. The van der Waals surface area contributed by atoms with Crippen LogP contribution >= 0.6 is 11.8 Å². The van der Waals surface area contributed by atoms with Gasteiger partial charge in [-0.3, -0.25) is 0 Å². The molecule has 0 atom stereocenters. The van der Waals surface area contributed by atoms with Crippen LogP contribution in [0.3, 0.4) is 0 Å². The van der Waals surface area contributed by atoms with Gasteiger partial charge in [0.05, 0.1) is 11.6 Å². The summed E-state index contributed by atoms with van der Waals surface area (Å²) in [5.74, 6) is 0.898. The van der Waals surface area contributed by atoms with Crippen LogP contribution in [0.4, 0.5) is 11.4 Å². The molecule has 0 bridgehead atoms. The van der Waals surface area contributed by atoms with Gasteiger partial charge in [-0.2, -0.15) is 0 Å². The number of nitrogens with one attached hydrogen (secondary N) is 2. The predicted octanol–water partition coefficient (Wildman–Crippen LogP) is 3.16. The molecule has 0 amide bonds. The summed E-state index contributed by atoms with van der Waals surface area (Å²) in [4.78, 5) is 1.19. The molecule has 0 unspecified atom stereocenters. The monoisotopic (exact) mass is 223 g/mol. The Bertz CT molecular complexity index is 374. The number of hydrogen-bond acceptors (Lipinski definition) is 4. The fraction of sp³-hybridized carbons (Fsp3) is 0.364. The van der Waals surface area contributed by atoms with Crippen molar-refractivity contribution in [1.82, 2.24) is 0 Å². The topological polar surface area (TPSA) is 61.9 Å². The lowest BCUT2D eigenvalue weighted by atomic mass is 10.1. The largest absolute Gasteiger partial charge is 0.398 e. The second-order valence-corrected chi connectivity index (χ2v) is 4.04. The molecule has 4 N–H and O–H groups in total. The summed E-state index contributed by atoms with van der Waals surface area (Å²) in [6, 6.07) is 3.89. The third kappa shape index (κ3) is 2.45. The quantitative estimate of drug-likeness (QED) is 0.506. The van der Waals surface area contributed by atoms with E-state index in [4.69, 9.17) is 11.1 Å². The van der Waals surface area contributed by atoms with Gasteiger partial charge >= 0.3 is 0 Å². The highest BCUT2D eigenvalue weighted by molar-refractivity contribution is 7.99. The predicted molar refractivity (Wildman–Crippen MR) is 69.1 cm³/mol. The van der Waals surface area contributed by atoms with Gasteiger partial charge in [0.1, 0.15) is 0 Å². The summed E-state index contributed by atoms with van der Waals surface area (Å²) >= 11 is 1.74. The standard InChI is InChI=1S/C9H11N3S.C2H6/c1-5(10)6-2-9-8(3-7(6)11)12-4-13-9;1-2/h2-3,10,12H,4,11H2,1H3;1-2H3. The summed E-state index contributed by atoms with van der Waals surface area (Å²) in [7, 11) is 0. The Morgan fingerprint density at radius 1 is 1.47 bits per heavy atom. The molecule has 1 aliphatic rings. The molecule has 0 spiro atoms. The smallest absolute Gasteiger partial charge is 0.0658 e. The van der Waals surface area contributed by atoms with E-state index in [2.05, 4.69) is 5.32 Å². The first-order chi connectivity index (χ1) is 7.18. The highest BCUT2D eigenvalue weighted by Crippen LogP contribution is 2.36. The molecular weight excluding hydrogens is 206 g/mol. The number of hydrogen-bond donors (Lipinski definition) is 3. The Balaban J connectivity index is 0.000000531. The van der Waals surface area contributed by atoms with E-state index < -0.39 is 0 Å². The zero-order chi connectivity index (χ0) is 11.4. The number of nitrogen functional groups attached to an aromatic ring is 1. The van der Waals surface area contributed by atoms with E-state index in [9.17, 15) is 0 Å². The Kier molecular flexibility index (Phi) is 4.03. The maximum atomic E-state index is 7.53. The van der Waals surface area contributed by atoms with E-state index in [1.54, 1.807) is 18.7 Å². The lowest BCUT2D eigenvalue weighted by Crippen LogP contribution is -2.00. The number of nitrogens with two attached hydrogens (primary N) is 1. The molecule has 82 valence electrons. The molecule has 1 aromatic carbocycles. The zero-order valence-electron chi connectivity index (χ0n) is 9.35. The third-order valence-corrected chi connectivity index (χ3v) is 2.98. The molecule has 1 aromatic rings. The second-order valence-electron chi connectivity index (χ2n) is 3.03. The van der Waals surface area contributed by atoms with Crippen LogP contribution in [0.5, 0.6) is 0 Å². The molecule has 1 aliphatic heterocycles. The third-order valence-electron chi connectivity index (χ3n) is 2.05. The number of benzene rings is 1. The highest BCUT2D eigenvalue weighted by Gasteiger charge is 2.13. The number of rotatable bonds is 1. The Hall–Kier alpha value is -1.16. The van der Waals surface area contributed by atoms with Crippen molar-refractivity contribution in [2.45, 2.75) is 25.7 Å². The molecule has 4 heteroatoms. The van der Waals surface area contributed by atoms with E-state index in [0.29, 0.717) is 11.4 Å². The van der Waals surface area contributed by atoms with Gasteiger partial charge in [0, 0.05) is 21.9 Å². The molecule has 2 rings (SSSR count). The first kappa shape index (κ1) is 11.9. The van der Waals surface area contributed by atoms with Gasteiger partial charge in [-0.05, 0) is 19.1 Å². The molecule has 15 heavy (non-hydrogen) atoms. The van der Waals surface area contributed by atoms with Gasteiger partial charge in [-0.15, -0.1) is 11.8 Å². The van der Waals surface area contributed by atoms with Crippen molar-refractivity contribution in [3.05, 3.63) is 17.7 Å². The summed E-state index contributed by atoms with van der Waals surface area (Å²) in [6.07, 6.45) is 0. The average molecular weight is 223 g/mol. The first-order valence-electron chi connectivity index (χ1n) is 5.04. The first-order valence-corrected chi connectivity index (χ1v) is 6.03. The van der Waals surface area contributed by atoms with Gasteiger partial charge in [-0.25, -0.2) is 0 Å². The fourth-order valence-corrected chi connectivity index (χ4v) is 2.24. The Morgan fingerprint density at radius 3 is 2.73 bits per heavy atom. The van der Waals surface area contributed by atoms with Crippen LogP contribution in [0, 0.1) is 5.41 Å². The van der Waals surface area contributed by atoms with Crippen LogP contribution in [0.15, 0.2) is 17.0 Å². The number of thioether (sulfide) groups is 1. The van der Waals surface area contributed by atoms with E-state index in [-0.39, 0.29) is 0 Å². The maximum Gasteiger partial charge on any atom is 0.0658 e. The highest BCUT2D eigenvalue weighted by atomic mass is 32.2. The van der Waals surface area contributed by atoms with Crippen molar-refractivity contribution >= 4 is 28.8 Å². The molecule has 0 fully saturated rings. The Morgan fingerprint density at radius 2 is 2.13 bits per heavy atom. The van der Waals surface area contributed by atoms with Crippen LogP contribution in [0.25, 0.3) is 0 Å². The van der Waals surface area contributed by atoms with Gasteiger partial charge in [-0.1, -0.05) is 13.8 Å². The second kappa shape index (κ2) is 5.07. The van der Waals surface area contributed by atoms with E-state index in [1.165, 1.54) is 4.90 Å². The fourth-order valence-electron chi connectivity index (χ4n) is 1.37. The minimum Gasteiger partial charge on any atom is -0.398 e. The zero-order valence-corrected chi connectivity index (χ0v) is 10.2. The van der Waals surface area contributed by atoms with Crippen molar-refractivity contribution in [3.8, 4) is 0 Å². The van der Waals surface area contributed by atoms with E-state index in [0.717, 1.165) is 17.1 Å². The van der Waals surface area contributed by atoms with Crippen molar-refractivity contribution in [1.29, 1.82) is 5.41 Å². The molecular formula is C11H17N3S. The summed E-state index contributed by atoms with van der Waals surface area (Å²) in [5.41, 5.74) is 8.94. The minimum absolute atomic E-state index is 0.521. The van der Waals surface area contributed by atoms with Crippen molar-refractivity contribution in [2.24, 2.45) is 0 Å². The molecule has 0 radical (unpaired) electrons. The summed E-state index contributed by atoms with van der Waals surface area (Å²) in [5, 5.41) is 10.7. The minimum atomic E-state index is 0.521. The van der Waals surface area contributed by atoms with E-state index >= 15 is 0 Å². The lowest BCUT2D eigenvalue weighted by Gasteiger charge is -2.06. The summed E-state index contributed by atoms with van der Waals surface area (Å²) in [6.45, 7) is 5.76. The van der Waals surface area contributed by atoms with Crippen LogP contribution < -0.4 is 11.1 Å². The van der Waals surface area contributed by atoms with Crippen LogP contribution in [0.2, 0.25) is 0 Å². The maximum absolute atomic E-state index is 7.53. The number of fused-ring (bicyclic) bond motifs is 1. The molecule has 0 aromatic heterocycles. The average Bonchev–Trinajstić information content (AvgIpc) is 2.66. The van der Waals surface area contributed by atoms with Crippen molar-refractivity contribution in [2.75, 3.05) is 16.9 Å².